The van der Waals surface area contributed by atoms with E-state index in [4.69, 9.17) is 9.05 Å². The molecule has 0 N–H and O–H groups in total. The molecule has 5 heteroatoms. The Kier molecular flexibility index (Phi) is 5.20. The molecule has 0 bridgehead atoms. The minimum Gasteiger partial charge on any atom is -0.404 e. The van der Waals surface area contributed by atoms with E-state index in [1.165, 1.54) is 4.67 Å². The van der Waals surface area contributed by atoms with Gasteiger partial charge < -0.3 is 9.05 Å². The number of nitrogens with zero attached hydrogens (tertiary/aromatic N) is 1. The van der Waals surface area contributed by atoms with Crippen LogP contribution in [0.1, 0.15) is 0 Å². The van der Waals surface area contributed by atoms with Crippen molar-refractivity contribution in [3.05, 3.63) is 73.3 Å². The molecular formula is C16H18NO3P. The zero-order chi connectivity index (χ0) is 15.1. The Balaban J connectivity index is 2.26. The van der Waals surface area contributed by atoms with Crippen molar-refractivity contribution in [2.45, 2.75) is 0 Å². The van der Waals surface area contributed by atoms with Crippen LogP contribution in [0.5, 0.6) is 11.5 Å². The first-order valence-electron chi connectivity index (χ1n) is 6.56. The van der Waals surface area contributed by atoms with Crippen LogP contribution in [0.15, 0.2) is 73.3 Å². The van der Waals surface area contributed by atoms with Crippen LogP contribution in [-0.4, -0.2) is 18.3 Å². The summed E-state index contributed by atoms with van der Waals surface area (Å²) in [7, 11) is -1.83. The normalized spacial score (nSPS) is 11.1. The van der Waals surface area contributed by atoms with Gasteiger partial charge in [0.2, 0.25) is 0 Å². The fourth-order valence-corrected chi connectivity index (χ4v) is 3.08. The molecule has 2 rings (SSSR count). The van der Waals surface area contributed by atoms with Gasteiger partial charge >= 0.3 is 7.75 Å². The van der Waals surface area contributed by atoms with Crippen LogP contribution >= 0.6 is 7.75 Å². The van der Waals surface area contributed by atoms with Crippen molar-refractivity contribution in [2.75, 3.05) is 13.6 Å². The van der Waals surface area contributed by atoms with E-state index in [1.54, 1.807) is 37.4 Å². The first-order valence-corrected chi connectivity index (χ1v) is 8.05. The van der Waals surface area contributed by atoms with E-state index in [0.29, 0.717) is 18.0 Å². The quantitative estimate of drug-likeness (QED) is 0.562. The van der Waals surface area contributed by atoms with Crippen molar-refractivity contribution in [1.29, 1.82) is 0 Å². The number of para-hydroxylation sites is 2. The largest absolute Gasteiger partial charge is 0.515 e. The lowest BCUT2D eigenvalue weighted by Gasteiger charge is -2.26. The lowest BCUT2D eigenvalue weighted by molar-refractivity contribution is 0.316. The second-order valence-electron chi connectivity index (χ2n) is 4.41. The van der Waals surface area contributed by atoms with Crippen molar-refractivity contribution < 1.29 is 13.6 Å². The summed E-state index contributed by atoms with van der Waals surface area (Å²) in [4.78, 5) is 0. The summed E-state index contributed by atoms with van der Waals surface area (Å²) in [5.74, 6) is 0.986. The molecule has 0 unspecified atom stereocenters. The minimum absolute atomic E-state index is 0.386. The molecule has 0 amide bonds. The molecule has 0 fully saturated rings. The molecule has 0 aromatic heterocycles. The summed E-state index contributed by atoms with van der Waals surface area (Å²) in [6, 6.07) is 17.9. The Bertz CT molecular complexity index is 570. The molecule has 110 valence electrons. The van der Waals surface area contributed by atoms with Crippen LogP contribution in [0.25, 0.3) is 0 Å². The van der Waals surface area contributed by atoms with Gasteiger partial charge in [-0.05, 0) is 31.3 Å². The molecule has 0 aliphatic rings. The molecule has 0 radical (unpaired) electrons. The topological polar surface area (TPSA) is 38.8 Å². The fourth-order valence-electron chi connectivity index (χ4n) is 1.67. The van der Waals surface area contributed by atoms with Crippen molar-refractivity contribution in [1.82, 2.24) is 4.67 Å². The van der Waals surface area contributed by atoms with Gasteiger partial charge in [-0.3, -0.25) is 0 Å². The molecule has 0 spiro atoms. The predicted octanol–water partition coefficient (Wildman–Crippen LogP) is 4.37. The van der Waals surface area contributed by atoms with Crippen LogP contribution in [0.2, 0.25) is 0 Å². The number of hydrogen-bond donors (Lipinski definition) is 0. The maximum absolute atomic E-state index is 13.1. The summed E-state index contributed by atoms with van der Waals surface area (Å²) in [6.45, 7) is 4.04. The highest BCUT2D eigenvalue weighted by atomic mass is 31.2. The van der Waals surface area contributed by atoms with Crippen molar-refractivity contribution in [3.8, 4) is 11.5 Å². The number of likely N-dealkylation sites (N-methyl/N-ethyl adjacent to an activating group) is 1. The Morgan fingerprint density at radius 1 is 1.00 bits per heavy atom. The Morgan fingerprint density at radius 2 is 1.43 bits per heavy atom. The monoisotopic (exact) mass is 303 g/mol. The zero-order valence-corrected chi connectivity index (χ0v) is 12.8. The predicted molar refractivity (Wildman–Crippen MR) is 84.6 cm³/mol. The standard InChI is InChI=1S/C16H18NO3P/c1-3-14-17(2)21(18,19-15-10-6-4-7-11-15)20-16-12-8-5-9-13-16/h3-13H,1,14H2,2H3. The number of hydrogen-bond acceptors (Lipinski definition) is 3. The second kappa shape index (κ2) is 7.11. The van der Waals surface area contributed by atoms with E-state index in [-0.39, 0.29) is 0 Å². The maximum Gasteiger partial charge on any atom is 0.515 e. The molecule has 0 heterocycles. The molecule has 0 saturated carbocycles. The van der Waals surface area contributed by atoms with Gasteiger partial charge in [-0.1, -0.05) is 42.5 Å². The average molecular weight is 303 g/mol. The van der Waals surface area contributed by atoms with Crippen molar-refractivity contribution >= 4 is 7.75 Å². The van der Waals surface area contributed by atoms with Gasteiger partial charge in [-0.15, -0.1) is 6.58 Å². The molecule has 0 saturated heterocycles. The van der Waals surface area contributed by atoms with E-state index in [0.717, 1.165) is 0 Å². The van der Waals surface area contributed by atoms with Gasteiger partial charge in [0, 0.05) is 6.54 Å². The van der Waals surface area contributed by atoms with Gasteiger partial charge in [-0.2, -0.15) is 4.67 Å². The van der Waals surface area contributed by atoms with Crippen LogP contribution in [0, 0.1) is 0 Å². The SMILES string of the molecule is C=CCN(C)P(=O)(Oc1ccccc1)Oc1ccccc1. The Morgan fingerprint density at radius 3 is 1.81 bits per heavy atom. The van der Waals surface area contributed by atoms with Gasteiger partial charge in [0.25, 0.3) is 0 Å². The highest BCUT2D eigenvalue weighted by molar-refractivity contribution is 7.52. The molecule has 2 aromatic rings. The lowest BCUT2D eigenvalue weighted by Crippen LogP contribution is -2.21. The summed E-state index contributed by atoms with van der Waals surface area (Å²) >= 11 is 0. The third-order valence-corrected chi connectivity index (χ3v) is 4.62. The Hall–Kier alpha value is -2.03. The Labute approximate surface area is 125 Å². The molecule has 21 heavy (non-hydrogen) atoms. The molecule has 0 aliphatic heterocycles. The maximum atomic E-state index is 13.1. The lowest BCUT2D eigenvalue weighted by atomic mass is 10.3. The summed E-state index contributed by atoms with van der Waals surface area (Å²) in [6.07, 6.45) is 1.65. The van der Waals surface area contributed by atoms with Crippen LogP contribution in [0.4, 0.5) is 0 Å². The van der Waals surface area contributed by atoms with Gasteiger partial charge in [0.15, 0.2) is 0 Å². The first kappa shape index (κ1) is 15.4. The van der Waals surface area contributed by atoms with Crippen LogP contribution in [0.3, 0.4) is 0 Å². The molecule has 2 aromatic carbocycles. The number of rotatable bonds is 7. The third-order valence-electron chi connectivity index (χ3n) is 2.74. The van der Waals surface area contributed by atoms with Crippen LogP contribution < -0.4 is 9.05 Å². The van der Waals surface area contributed by atoms with Crippen LogP contribution in [-0.2, 0) is 4.57 Å². The zero-order valence-electron chi connectivity index (χ0n) is 11.9. The van der Waals surface area contributed by atoms with Crippen molar-refractivity contribution in [3.63, 3.8) is 0 Å². The number of benzene rings is 2. The molecule has 0 aliphatic carbocycles. The highest BCUT2D eigenvalue weighted by Gasteiger charge is 2.33. The van der Waals surface area contributed by atoms with E-state index in [2.05, 4.69) is 6.58 Å². The van der Waals surface area contributed by atoms with Crippen molar-refractivity contribution in [2.24, 2.45) is 0 Å². The summed E-state index contributed by atoms with van der Waals surface area (Å²) in [5.41, 5.74) is 0. The van der Waals surface area contributed by atoms with E-state index in [9.17, 15) is 4.57 Å². The fraction of sp³-hybridized carbons (Fsp3) is 0.125. The average Bonchev–Trinajstić information content (AvgIpc) is 2.49. The van der Waals surface area contributed by atoms with Gasteiger partial charge in [-0.25, -0.2) is 4.57 Å². The smallest absolute Gasteiger partial charge is 0.404 e. The summed E-state index contributed by atoms with van der Waals surface area (Å²) in [5, 5.41) is 0. The van der Waals surface area contributed by atoms with E-state index < -0.39 is 7.75 Å². The first-order chi connectivity index (χ1) is 10.1. The minimum atomic E-state index is -3.51. The van der Waals surface area contributed by atoms with E-state index >= 15 is 0 Å². The second-order valence-corrected chi connectivity index (χ2v) is 6.39. The molecule has 4 nitrogen and oxygen atoms in total. The highest BCUT2D eigenvalue weighted by Crippen LogP contribution is 2.50. The third kappa shape index (κ3) is 4.22. The summed E-state index contributed by atoms with van der Waals surface area (Å²) < 4.78 is 25.9. The van der Waals surface area contributed by atoms with E-state index in [1.807, 2.05) is 36.4 Å². The van der Waals surface area contributed by atoms with Gasteiger partial charge in [0.1, 0.15) is 11.5 Å². The van der Waals surface area contributed by atoms with Gasteiger partial charge in [0.05, 0.1) is 0 Å². The molecule has 0 atom stereocenters. The molecular weight excluding hydrogens is 285 g/mol.